The van der Waals surface area contributed by atoms with Gasteiger partial charge in [-0.05, 0) is 36.4 Å². The van der Waals surface area contributed by atoms with Gasteiger partial charge in [0.25, 0.3) is 0 Å². The number of hydrogen-bond acceptors (Lipinski definition) is 4. The average molecular weight is 377 g/mol. The zero-order valence-electron chi connectivity index (χ0n) is 15.4. The zero-order valence-corrected chi connectivity index (χ0v) is 16.2. The van der Waals surface area contributed by atoms with Crippen LogP contribution in [0, 0.1) is 5.82 Å². The summed E-state index contributed by atoms with van der Waals surface area (Å²) < 4.78 is 15.5. The van der Waals surface area contributed by atoms with Gasteiger partial charge in [0.05, 0.1) is 6.54 Å². The minimum absolute atomic E-state index is 0.222. The number of fused-ring (bicyclic) bond motifs is 1. The van der Waals surface area contributed by atoms with Gasteiger partial charge in [0, 0.05) is 37.4 Å². The molecule has 8 heteroatoms. The third kappa shape index (κ3) is 4.35. The van der Waals surface area contributed by atoms with E-state index in [4.69, 9.17) is 0 Å². The van der Waals surface area contributed by atoms with Crippen LogP contribution in [0.4, 0.5) is 4.39 Å². The Hall–Kier alpha value is -2.09. The molecule has 2 heterocycles. The second-order valence-electron chi connectivity index (χ2n) is 6.24. The first-order valence-corrected chi connectivity index (χ1v) is 10.1. The highest BCUT2D eigenvalue weighted by Crippen LogP contribution is 2.21. The van der Waals surface area contributed by atoms with E-state index < -0.39 is 0 Å². The van der Waals surface area contributed by atoms with E-state index in [0.717, 1.165) is 47.9 Å². The fourth-order valence-corrected chi connectivity index (χ4v) is 3.68. The number of benzene rings is 1. The fraction of sp³-hybridized carbons (Fsp3) is 0.500. The Kier molecular flexibility index (Phi) is 6.13. The van der Waals surface area contributed by atoms with E-state index >= 15 is 0 Å². The Bertz CT molecular complexity index is 788. The van der Waals surface area contributed by atoms with E-state index in [1.165, 1.54) is 6.07 Å². The van der Waals surface area contributed by atoms with Crippen molar-refractivity contribution in [2.24, 2.45) is 4.99 Å². The first-order chi connectivity index (χ1) is 12.6. The number of thioether (sulfide) groups is 1. The molecule has 0 radical (unpaired) electrons. The molecule has 0 bridgehead atoms. The Balaban J connectivity index is 1.60. The molecule has 0 spiro atoms. The summed E-state index contributed by atoms with van der Waals surface area (Å²) in [5.74, 6) is 2.46. The zero-order chi connectivity index (χ0) is 18.5. The summed E-state index contributed by atoms with van der Waals surface area (Å²) >= 11 is 1.61. The van der Waals surface area contributed by atoms with Crippen molar-refractivity contribution in [2.75, 3.05) is 13.3 Å². The molecule has 2 N–H and O–H groups in total. The summed E-state index contributed by atoms with van der Waals surface area (Å²) in [6.07, 6.45) is 4.74. The molecule has 0 saturated heterocycles. The largest absolute Gasteiger partial charge is 0.352 e. The monoisotopic (exact) mass is 376 g/mol. The van der Waals surface area contributed by atoms with Gasteiger partial charge in [-0.25, -0.2) is 14.1 Å². The molecule has 2 aromatic rings. The molecule has 140 valence electrons. The Morgan fingerprint density at radius 3 is 3.04 bits per heavy atom. The maximum absolute atomic E-state index is 13.5. The van der Waals surface area contributed by atoms with Gasteiger partial charge >= 0.3 is 0 Å². The lowest BCUT2D eigenvalue weighted by Crippen LogP contribution is -2.46. The molecule has 0 fully saturated rings. The number of aryl methyl sites for hydroxylation is 2. The van der Waals surface area contributed by atoms with Crippen LogP contribution >= 0.6 is 11.8 Å². The number of halogens is 1. The highest BCUT2D eigenvalue weighted by Gasteiger charge is 2.22. The van der Waals surface area contributed by atoms with Crippen LogP contribution in [0.1, 0.15) is 30.6 Å². The Labute approximate surface area is 157 Å². The number of guanidine groups is 1. The van der Waals surface area contributed by atoms with E-state index in [-0.39, 0.29) is 11.9 Å². The van der Waals surface area contributed by atoms with Crippen molar-refractivity contribution in [1.29, 1.82) is 0 Å². The number of aromatic nitrogens is 3. The molecule has 0 amide bonds. The first-order valence-electron chi connectivity index (χ1n) is 8.85. The van der Waals surface area contributed by atoms with Crippen LogP contribution in [-0.2, 0) is 25.9 Å². The van der Waals surface area contributed by atoms with Crippen LogP contribution < -0.4 is 10.6 Å². The van der Waals surface area contributed by atoms with Crippen molar-refractivity contribution >= 4 is 17.7 Å². The number of rotatable bonds is 5. The molecule has 3 rings (SSSR count). The van der Waals surface area contributed by atoms with Gasteiger partial charge in [-0.2, -0.15) is 5.10 Å². The van der Waals surface area contributed by atoms with Gasteiger partial charge in [0.2, 0.25) is 0 Å². The number of nitrogens with zero attached hydrogens (tertiary/aromatic N) is 4. The van der Waals surface area contributed by atoms with Crippen LogP contribution in [0.3, 0.4) is 0 Å². The van der Waals surface area contributed by atoms with Crippen molar-refractivity contribution in [3.8, 4) is 0 Å². The Morgan fingerprint density at radius 1 is 1.46 bits per heavy atom. The minimum atomic E-state index is -0.222. The topological polar surface area (TPSA) is 67.1 Å². The number of nitrogens with one attached hydrogen (secondary N) is 2. The smallest absolute Gasteiger partial charge is 0.191 e. The lowest BCUT2D eigenvalue weighted by atomic mass is 10.1. The highest BCUT2D eigenvalue weighted by atomic mass is 32.2. The molecule has 1 aromatic carbocycles. The van der Waals surface area contributed by atoms with Gasteiger partial charge < -0.3 is 10.6 Å². The normalized spacial score (nSPS) is 17.1. The summed E-state index contributed by atoms with van der Waals surface area (Å²) in [7, 11) is 1.75. The van der Waals surface area contributed by atoms with Crippen molar-refractivity contribution < 1.29 is 4.39 Å². The fourth-order valence-electron chi connectivity index (χ4n) is 3.08. The molecule has 1 unspecified atom stereocenters. The first kappa shape index (κ1) is 18.7. The molecule has 0 saturated carbocycles. The number of aliphatic imine (C=N–C) groups is 1. The van der Waals surface area contributed by atoms with E-state index in [0.29, 0.717) is 12.5 Å². The lowest BCUT2D eigenvalue weighted by molar-refractivity contribution is 0.392. The van der Waals surface area contributed by atoms with Crippen molar-refractivity contribution in [3.05, 3.63) is 41.2 Å². The SMILES string of the molecule is CCc1nc2n(n1)CC(NC(=NC)NCc1cc(F)ccc1SC)CC2. The van der Waals surface area contributed by atoms with E-state index in [2.05, 4.69) is 32.6 Å². The van der Waals surface area contributed by atoms with Crippen LogP contribution in [0.15, 0.2) is 28.1 Å². The summed E-state index contributed by atoms with van der Waals surface area (Å²) in [5, 5.41) is 11.3. The van der Waals surface area contributed by atoms with Crippen molar-refractivity contribution in [2.45, 2.75) is 50.2 Å². The number of hydrogen-bond donors (Lipinski definition) is 2. The average Bonchev–Trinajstić information content (AvgIpc) is 3.07. The summed E-state index contributed by atoms with van der Waals surface area (Å²) in [6, 6.07) is 5.12. The molecule has 1 aliphatic heterocycles. The lowest BCUT2D eigenvalue weighted by Gasteiger charge is -2.25. The third-order valence-electron chi connectivity index (χ3n) is 4.47. The minimum Gasteiger partial charge on any atom is -0.352 e. The molecule has 26 heavy (non-hydrogen) atoms. The predicted octanol–water partition coefficient (Wildman–Crippen LogP) is 2.38. The quantitative estimate of drug-likeness (QED) is 0.476. The van der Waals surface area contributed by atoms with Crippen molar-refractivity contribution in [1.82, 2.24) is 25.4 Å². The van der Waals surface area contributed by atoms with Gasteiger partial charge in [-0.3, -0.25) is 4.99 Å². The molecule has 1 atom stereocenters. The standard InChI is InChI=1S/C18H25FN6S/c1-4-16-23-17-8-6-14(11-25(17)24-16)22-18(20-2)21-10-12-9-13(19)5-7-15(12)26-3/h5,7,9,14H,4,6,8,10-11H2,1-3H3,(H2,20,21,22). The van der Waals surface area contributed by atoms with E-state index in [1.807, 2.05) is 17.0 Å². The molecular formula is C18H25FN6S. The predicted molar refractivity (Wildman–Crippen MR) is 103 cm³/mol. The van der Waals surface area contributed by atoms with E-state index in [9.17, 15) is 4.39 Å². The van der Waals surface area contributed by atoms with Crippen LogP contribution in [-0.4, -0.2) is 40.1 Å². The maximum Gasteiger partial charge on any atom is 0.191 e. The van der Waals surface area contributed by atoms with Crippen LogP contribution in [0.2, 0.25) is 0 Å². The van der Waals surface area contributed by atoms with E-state index in [1.54, 1.807) is 24.9 Å². The summed E-state index contributed by atoms with van der Waals surface area (Å²) in [5.41, 5.74) is 0.926. The molecule has 1 aliphatic rings. The summed E-state index contributed by atoms with van der Waals surface area (Å²) in [4.78, 5) is 9.91. The second-order valence-corrected chi connectivity index (χ2v) is 7.09. The maximum atomic E-state index is 13.5. The van der Waals surface area contributed by atoms with Crippen LogP contribution in [0.25, 0.3) is 0 Å². The van der Waals surface area contributed by atoms with Gasteiger partial charge in [0.15, 0.2) is 11.8 Å². The third-order valence-corrected chi connectivity index (χ3v) is 5.31. The Morgan fingerprint density at radius 2 is 2.31 bits per heavy atom. The van der Waals surface area contributed by atoms with Gasteiger partial charge in [-0.1, -0.05) is 6.92 Å². The molecular weight excluding hydrogens is 351 g/mol. The van der Waals surface area contributed by atoms with Gasteiger partial charge in [0.1, 0.15) is 11.6 Å². The van der Waals surface area contributed by atoms with Crippen molar-refractivity contribution in [3.63, 3.8) is 0 Å². The molecule has 0 aliphatic carbocycles. The van der Waals surface area contributed by atoms with Gasteiger partial charge in [-0.15, -0.1) is 11.8 Å². The second kappa shape index (κ2) is 8.53. The summed E-state index contributed by atoms with van der Waals surface area (Å²) in [6.45, 7) is 3.37. The molecule has 6 nitrogen and oxygen atoms in total. The van der Waals surface area contributed by atoms with Crippen LogP contribution in [0.5, 0.6) is 0 Å². The molecule has 1 aromatic heterocycles. The highest BCUT2D eigenvalue weighted by molar-refractivity contribution is 7.98.